The summed E-state index contributed by atoms with van der Waals surface area (Å²) >= 11 is 0. The highest BCUT2D eigenvalue weighted by atomic mass is 19.1. The lowest BCUT2D eigenvalue weighted by molar-refractivity contribution is -0.00271. The zero-order valence-corrected chi connectivity index (χ0v) is 12.5. The highest BCUT2D eigenvalue weighted by Gasteiger charge is 2.29. The first-order valence-corrected chi connectivity index (χ1v) is 7.36. The lowest BCUT2D eigenvalue weighted by Crippen LogP contribution is -2.43. The lowest BCUT2D eigenvalue weighted by Gasteiger charge is -2.36. The molecule has 1 aliphatic rings. The summed E-state index contributed by atoms with van der Waals surface area (Å²) in [6.07, 6.45) is 0. The summed E-state index contributed by atoms with van der Waals surface area (Å²) < 4.78 is 18.6. The van der Waals surface area contributed by atoms with Gasteiger partial charge in [-0.3, -0.25) is 4.79 Å². The average molecular weight is 299 g/mol. The number of aryl methyl sites for hydroxylation is 1. The van der Waals surface area contributed by atoms with E-state index in [1.165, 1.54) is 12.1 Å². The van der Waals surface area contributed by atoms with Crippen LogP contribution in [0.5, 0.6) is 0 Å². The summed E-state index contributed by atoms with van der Waals surface area (Å²) in [5, 5.41) is 0. The standard InChI is InChI=1S/C18H18FNO2/c1-13-2-4-15(5-3-13)18(21)20-10-11-22-12-17(20)14-6-8-16(19)9-7-14/h2-9,17H,10-12H2,1H3. The van der Waals surface area contributed by atoms with Crippen molar-refractivity contribution in [2.24, 2.45) is 0 Å². The van der Waals surface area contributed by atoms with Crippen LogP contribution in [0.3, 0.4) is 0 Å². The van der Waals surface area contributed by atoms with E-state index in [0.717, 1.165) is 11.1 Å². The first kappa shape index (κ1) is 14.7. The van der Waals surface area contributed by atoms with Gasteiger partial charge in [0.2, 0.25) is 0 Å². The number of halogens is 1. The van der Waals surface area contributed by atoms with Crippen molar-refractivity contribution in [1.82, 2.24) is 4.90 Å². The third-order valence-electron chi connectivity index (χ3n) is 3.94. The van der Waals surface area contributed by atoms with Gasteiger partial charge in [0.05, 0.1) is 19.3 Å². The number of morpholine rings is 1. The summed E-state index contributed by atoms with van der Waals surface area (Å²) in [7, 11) is 0. The minimum Gasteiger partial charge on any atom is -0.377 e. The van der Waals surface area contributed by atoms with Gasteiger partial charge < -0.3 is 9.64 Å². The van der Waals surface area contributed by atoms with Gasteiger partial charge in [-0.25, -0.2) is 4.39 Å². The van der Waals surface area contributed by atoms with E-state index in [-0.39, 0.29) is 17.8 Å². The highest BCUT2D eigenvalue weighted by molar-refractivity contribution is 5.94. The Morgan fingerprint density at radius 2 is 1.82 bits per heavy atom. The largest absolute Gasteiger partial charge is 0.377 e. The van der Waals surface area contributed by atoms with Crippen molar-refractivity contribution < 1.29 is 13.9 Å². The second-order valence-corrected chi connectivity index (χ2v) is 5.51. The van der Waals surface area contributed by atoms with Crippen LogP contribution in [0.2, 0.25) is 0 Å². The molecule has 3 rings (SSSR count). The molecule has 1 atom stereocenters. The molecule has 22 heavy (non-hydrogen) atoms. The van der Waals surface area contributed by atoms with Gasteiger partial charge in [-0.15, -0.1) is 0 Å². The van der Waals surface area contributed by atoms with Crippen LogP contribution in [0.4, 0.5) is 4.39 Å². The van der Waals surface area contributed by atoms with Gasteiger partial charge in [-0.1, -0.05) is 29.8 Å². The fraction of sp³-hybridized carbons (Fsp3) is 0.278. The summed E-state index contributed by atoms with van der Waals surface area (Å²) in [6.45, 7) is 3.48. The first-order valence-electron chi connectivity index (χ1n) is 7.36. The third-order valence-corrected chi connectivity index (χ3v) is 3.94. The van der Waals surface area contributed by atoms with Gasteiger partial charge >= 0.3 is 0 Å². The van der Waals surface area contributed by atoms with E-state index in [1.807, 2.05) is 31.2 Å². The van der Waals surface area contributed by atoms with Crippen molar-refractivity contribution in [3.05, 3.63) is 71.0 Å². The Hall–Kier alpha value is -2.20. The molecule has 114 valence electrons. The number of ether oxygens (including phenoxy) is 1. The molecule has 4 heteroatoms. The number of nitrogens with zero attached hydrogens (tertiary/aromatic N) is 1. The van der Waals surface area contributed by atoms with E-state index in [9.17, 15) is 9.18 Å². The Balaban J connectivity index is 1.87. The smallest absolute Gasteiger partial charge is 0.254 e. The predicted molar refractivity (Wildman–Crippen MR) is 82.2 cm³/mol. The zero-order chi connectivity index (χ0) is 15.5. The maximum absolute atomic E-state index is 13.1. The van der Waals surface area contributed by atoms with Crippen LogP contribution in [-0.4, -0.2) is 30.6 Å². The Labute approximate surface area is 129 Å². The normalized spacial score (nSPS) is 18.3. The molecule has 0 N–H and O–H groups in total. The Morgan fingerprint density at radius 1 is 1.14 bits per heavy atom. The van der Waals surface area contributed by atoms with E-state index in [2.05, 4.69) is 0 Å². The van der Waals surface area contributed by atoms with Crippen LogP contribution in [0, 0.1) is 12.7 Å². The Kier molecular flexibility index (Phi) is 4.20. The molecular weight excluding hydrogens is 281 g/mol. The molecule has 0 aliphatic carbocycles. The molecule has 0 bridgehead atoms. The van der Waals surface area contributed by atoms with E-state index >= 15 is 0 Å². The van der Waals surface area contributed by atoms with Crippen LogP contribution in [-0.2, 0) is 4.74 Å². The molecule has 3 nitrogen and oxygen atoms in total. The molecule has 2 aromatic carbocycles. The van der Waals surface area contributed by atoms with Gasteiger partial charge in [0.25, 0.3) is 5.91 Å². The second-order valence-electron chi connectivity index (χ2n) is 5.51. The van der Waals surface area contributed by atoms with Crippen LogP contribution >= 0.6 is 0 Å². The van der Waals surface area contributed by atoms with Crippen molar-refractivity contribution in [2.75, 3.05) is 19.8 Å². The van der Waals surface area contributed by atoms with Crippen molar-refractivity contribution in [3.63, 3.8) is 0 Å². The number of carbonyl (C=O) groups excluding carboxylic acids is 1. The van der Waals surface area contributed by atoms with Crippen LogP contribution in [0.15, 0.2) is 48.5 Å². The van der Waals surface area contributed by atoms with E-state index in [1.54, 1.807) is 17.0 Å². The predicted octanol–water partition coefficient (Wildman–Crippen LogP) is 3.35. The maximum atomic E-state index is 13.1. The van der Waals surface area contributed by atoms with Crippen LogP contribution < -0.4 is 0 Å². The molecule has 1 saturated heterocycles. The van der Waals surface area contributed by atoms with E-state index in [0.29, 0.717) is 25.3 Å². The number of carbonyl (C=O) groups is 1. The minimum absolute atomic E-state index is 0.0161. The van der Waals surface area contributed by atoms with Gasteiger partial charge in [0, 0.05) is 12.1 Å². The molecule has 0 spiro atoms. The number of benzene rings is 2. The molecular formula is C18H18FNO2. The fourth-order valence-corrected chi connectivity index (χ4v) is 2.67. The lowest BCUT2D eigenvalue weighted by atomic mass is 10.0. The molecule has 1 unspecified atom stereocenters. The maximum Gasteiger partial charge on any atom is 0.254 e. The summed E-state index contributed by atoms with van der Waals surface area (Å²) in [6, 6.07) is 13.6. The zero-order valence-electron chi connectivity index (χ0n) is 12.5. The van der Waals surface area contributed by atoms with Crippen molar-refractivity contribution in [1.29, 1.82) is 0 Å². The second kappa shape index (κ2) is 6.28. The van der Waals surface area contributed by atoms with Crippen LogP contribution in [0.25, 0.3) is 0 Å². The molecule has 0 saturated carbocycles. The van der Waals surface area contributed by atoms with E-state index < -0.39 is 0 Å². The molecule has 2 aromatic rings. The average Bonchev–Trinajstić information content (AvgIpc) is 2.56. The summed E-state index contributed by atoms with van der Waals surface area (Å²) in [5.74, 6) is -0.297. The molecule has 1 fully saturated rings. The van der Waals surface area contributed by atoms with Gasteiger partial charge in [0.15, 0.2) is 0 Å². The van der Waals surface area contributed by atoms with Gasteiger partial charge in [-0.2, -0.15) is 0 Å². The summed E-state index contributed by atoms with van der Waals surface area (Å²) in [5.41, 5.74) is 2.68. The number of amides is 1. The first-order chi connectivity index (χ1) is 10.6. The molecule has 0 aromatic heterocycles. The quantitative estimate of drug-likeness (QED) is 0.851. The molecule has 1 amide bonds. The minimum atomic E-state index is -0.281. The third kappa shape index (κ3) is 3.02. The van der Waals surface area contributed by atoms with Gasteiger partial charge in [0.1, 0.15) is 5.82 Å². The highest BCUT2D eigenvalue weighted by Crippen LogP contribution is 2.26. The summed E-state index contributed by atoms with van der Waals surface area (Å²) in [4.78, 5) is 14.6. The topological polar surface area (TPSA) is 29.5 Å². The molecule has 0 radical (unpaired) electrons. The van der Waals surface area contributed by atoms with Gasteiger partial charge in [-0.05, 0) is 36.8 Å². The number of hydrogen-bond donors (Lipinski definition) is 0. The number of rotatable bonds is 2. The Bertz CT molecular complexity index is 652. The van der Waals surface area contributed by atoms with Crippen LogP contribution in [0.1, 0.15) is 27.5 Å². The molecule has 1 heterocycles. The Morgan fingerprint density at radius 3 is 2.50 bits per heavy atom. The van der Waals surface area contributed by atoms with Crippen molar-refractivity contribution >= 4 is 5.91 Å². The SMILES string of the molecule is Cc1ccc(C(=O)N2CCOCC2c2ccc(F)cc2)cc1. The number of hydrogen-bond acceptors (Lipinski definition) is 2. The van der Waals surface area contributed by atoms with Crippen molar-refractivity contribution in [3.8, 4) is 0 Å². The van der Waals surface area contributed by atoms with Crippen molar-refractivity contribution in [2.45, 2.75) is 13.0 Å². The fourth-order valence-electron chi connectivity index (χ4n) is 2.67. The van der Waals surface area contributed by atoms with E-state index in [4.69, 9.17) is 4.74 Å². The molecule has 1 aliphatic heterocycles. The monoisotopic (exact) mass is 299 g/mol.